The number of allylic oxidation sites excluding steroid dienone is 2. The summed E-state index contributed by atoms with van der Waals surface area (Å²) < 4.78 is 6.01. The second-order valence-corrected chi connectivity index (χ2v) is 9.56. The fourth-order valence-corrected chi connectivity index (χ4v) is 6.26. The number of aryl methyl sites for hydroxylation is 1. The first-order valence-corrected chi connectivity index (χ1v) is 11.6. The summed E-state index contributed by atoms with van der Waals surface area (Å²) in [6, 6.07) is 11.0. The van der Waals surface area contributed by atoms with E-state index < -0.39 is 0 Å². The molecule has 3 aromatic rings. The number of ether oxygens (including phenoxy) is 1. The van der Waals surface area contributed by atoms with Gasteiger partial charge in [0, 0.05) is 16.9 Å². The van der Waals surface area contributed by atoms with Crippen LogP contribution in [0.3, 0.4) is 0 Å². The molecule has 0 spiro atoms. The molecule has 2 fully saturated rings. The van der Waals surface area contributed by atoms with Crippen molar-refractivity contribution in [2.75, 3.05) is 0 Å². The number of ketones is 1. The highest BCUT2D eigenvalue weighted by molar-refractivity contribution is 6.31. The Labute approximate surface area is 191 Å². The van der Waals surface area contributed by atoms with Gasteiger partial charge >= 0.3 is 0 Å². The van der Waals surface area contributed by atoms with Gasteiger partial charge in [-0.05, 0) is 79.0 Å². The molecule has 1 unspecified atom stereocenters. The molecule has 1 heterocycles. The molecule has 3 aliphatic rings. The van der Waals surface area contributed by atoms with E-state index in [9.17, 15) is 9.90 Å². The maximum atomic E-state index is 13.4. The lowest BCUT2D eigenvalue weighted by molar-refractivity contribution is -0.118. The zero-order chi connectivity index (χ0) is 22.0. The molecule has 1 aromatic heterocycles. The normalized spacial score (nSPS) is 26.2. The smallest absolute Gasteiger partial charge is 0.238 e. The van der Waals surface area contributed by atoms with Crippen LogP contribution in [-0.2, 0) is 11.2 Å². The van der Waals surface area contributed by atoms with Gasteiger partial charge in [-0.3, -0.25) is 4.79 Å². The van der Waals surface area contributed by atoms with Gasteiger partial charge in [0.15, 0.2) is 5.78 Å². The number of aromatic nitrogens is 2. The van der Waals surface area contributed by atoms with Gasteiger partial charge in [0.2, 0.25) is 5.88 Å². The number of aliphatic hydroxyl groups excluding tert-OH is 1. The summed E-state index contributed by atoms with van der Waals surface area (Å²) in [4.78, 5) is 22.3. The summed E-state index contributed by atoms with van der Waals surface area (Å²) in [5.41, 5.74) is 3.69. The highest BCUT2D eigenvalue weighted by Crippen LogP contribution is 2.60. The quantitative estimate of drug-likeness (QED) is 0.520. The van der Waals surface area contributed by atoms with Crippen LogP contribution in [0.1, 0.15) is 37.3 Å². The number of carbonyl (C=O) groups excluding carboxylic acids is 1. The minimum atomic E-state index is -0.0452. The number of nitrogens with zero attached hydrogens (tertiary/aromatic N) is 2. The average molecular weight is 447 g/mol. The second kappa shape index (κ2) is 7.31. The van der Waals surface area contributed by atoms with Crippen molar-refractivity contribution in [1.29, 1.82) is 0 Å². The molecule has 0 amide bonds. The number of Topliss-reactive ketones (excluding diaryl/α,β-unsaturated/α-hetero) is 1. The van der Waals surface area contributed by atoms with E-state index in [1.165, 1.54) is 0 Å². The Morgan fingerprint density at radius 3 is 2.69 bits per heavy atom. The van der Waals surface area contributed by atoms with E-state index in [1.54, 1.807) is 24.4 Å². The number of aliphatic hydroxyl groups is 1. The Balaban J connectivity index is 1.37. The van der Waals surface area contributed by atoms with E-state index in [1.807, 2.05) is 18.2 Å². The Morgan fingerprint density at radius 2 is 1.91 bits per heavy atom. The van der Waals surface area contributed by atoms with Crippen molar-refractivity contribution in [3.8, 4) is 11.6 Å². The molecule has 6 rings (SSSR count). The van der Waals surface area contributed by atoms with Crippen LogP contribution in [0.2, 0.25) is 5.02 Å². The maximum Gasteiger partial charge on any atom is 0.238 e. The number of halogens is 1. The minimum Gasteiger partial charge on any atom is -0.511 e. The van der Waals surface area contributed by atoms with Crippen molar-refractivity contribution in [2.45, 2.75) is 32.6 Å². The molecule has 162 valence electrons. The van der Waals surface area contributed by atoms with E-state index in [-0.39, 0.29) is 17.6 Å². The van der Waals surface area contributed by atoms with Crippen molar-refractivity contribution in [1.82, 2.24) is 9.97 Å². The van der Waals surface area contributed by atoms with Gasteiger partial charge in [0.25, 0.3) is 0 Å². The third-order valence-electron chi connectivity index (χ3n) is 7.47. The molecule has 0 radical (unpaired) electrons. The predicted octanol–water partition coefficient (Wildman–Crippen LogP) is 6.15. The van der Waals surface area contributed by atoms with Crippen molar-refractivity contribution in [3.63, 3.8) is 0 Å². The molecule has 2 saturated carbocycles. The maximum absolute atomic E-state index is 13.4. The standard InChI is InChI=1S/C26H23ClN2O3/c1-2-13-5-7-17(32-21-12-28-20-10-16(27)6-8-19(20)29-21)11-18(13)24-25(30)22-14-3-4-15(9-14)23(22)26(24)31/h5-8,10-12,14-15,22-23,30H,2-4,9H2,1H3/t14-,15+,22-,23?/m1/s1. The molecule has 0 saturated heterocycles. The molecule has 2 bridgehead atoms. The van der Waals surface area contributed by atoms with Gasteiger partial charge < -0.3 is 9.84 Å². The van der Waals surface area contributed by atoms with Gasteiger partial charge in [0.05, 0.1) is 22.8 Å². The lowest BCUT2D eigenvalue weighted by Crippen LogP contribution is -2.24. The number of carbonyl (C=O) groups is 1. The van der Waals surface area contributed by atoms with Crippen LogP contribution >= 0.6 is 11.6 Å². The molecule has 4 atom stereocenters. The molecular weight excluding hydrogens is 424 g/mol. The average Bonchev–Trinajstić information content (AvgIpc) is 3.47. The molecule has 6 heteroatoms. The Hall–Kier alpha value is -2.92. The largest absolute Gasteiger partial charge is 0.511 e. The molecule has 1 N–H and O–H groups in total. The highest BCUT2D eigenvalue weighted by atomic mass is 35.5. The van der Waals surface area contributed by atoms with Crippen LogP contribution in [0, 0.1) is 23.7 Å². The molecule has 2 aromatic carbocycles. The van der Waals surface area contributed by atoms with Crippen LogP contribution in [0.15, 0.2) is 48.4 Å². The SMILES string of the molecule is CCc1ccc(Oc2cnc3cc(Cl)ccc3n2)cc1C1=C(O)[C@H]2C(C1=O)[C@H]1CC[C@@H]2C1. The minimum absolute atomic E-state index is 0.00343. The van der Waals surface area contributed by atoms with Crippen LogP contribution < -0.4 is 4.74 Å². The fraction of sp³-hybridized carbons (Fsp3) is 0.346. The summed E-state index contributed by atoms with van der Waals surface area (Å²) in [6.45, 7) is 2.06. The van der Waals surface area contributed by atoms with Gasteiger partial charge in [-0.1, -0.05) is 24.6 Å². The second-order valence-electron chi connectivity index (χ2n) is 9.13. The van der Waals surface area contributed by atoms with Crippen LogP contribution in [0.4, 0.5) is 0 Å². The topological polar surface area (TPSA) is 72.3 Å². The highest BCUT2D eigenvalue weighted by Gasteiger charge is 2.57. The first-order chi connectivity index (χ1) is 15.5. The Bertz CT molecular complexity index is 1300. The molecule has 32 heavy (non-hydrogen) atoms. The fourth-order valence-electron chi connectivity index (χ4n) is 6.09. The first-order valence-electron chi connectivity index (χ1n) is 11.2. The van der Waals surface area contributed by atoms with Crippen molar-refractivity contribution >= 4 is 34.0 Å². The Kier molecular flexibility index (Phi) is 4.51. The third-order valence-corrected chi connectivity index (χ3v) is 7.71. The first kappa shape index (κ1) is 19.7. The van der Waals surface area contributed by atoms with Gasteiger partial charge in [-0.15, -0.1) is 0 Å². The van der Waals surface area contributed by atoms with Crippen molar-refractivity contribution in [2.24, 2.45) is 23.7 Å². The summed E-state index contributed by atoms with van der Waals surface area (Å²) in [5.74, 6) is 2.14. The van der Waals surface area contributed by atoms with Crippen LogP contribution in [0.25, 0.3) is 16.6 Å². The molecule has 0 aliphatic heterocycles. The zero-order valence-corrected chi connectivity index (χ0v) is 18.5. The van der Waals surface area contributed by atoms with Crippen molar-refractivity contribution in [3.05, 3.63) is 64.5 Å². The van der Waals surface area contributed by atoms with E-state index in [0.717, 1.165) is 36.8 Å². The molecular formula is C26H23ClN2O3. The molecule has 3 aliphatic carbocycles. The zero-order valence-electron chi connectivity index (χ0n) is 17.7. The number of fused-ring (bicyclic) bond motifs is 6. The van der Waals surface area contributed by atoms with E-state index in [0.29, 0.717) is 50.9 Å². The summed E-state index contributed by atoms with van der Waals surface area (Å²) >= 11 is 6.03. The molecule has 5 nitrogen and oxygen atoms in total. The van der Waals surface area contributed by atoms with Crippen molar-refractivity contribution < 1.29 is 14.6 Å². The van der Waals surface area contributed by atoms with E-state index in [4.69, 9.17) is 16.3 Å². The lowest BCUT2D eigenvalue weighted by atomic mass is 9.80. The third kappa shape index (κ3) is 2.95. The lowest BCUT2D eigenvalue weighted by Gasteiger charge is -2.23. The number of hydrogen-bond donors (Lipinski definition) is 1. The predicted molar refractivity (Wildman–Crippen MR) is 123 cm³/mol. The summed E-state index contributed by atoms with van der Waals surface area (Å²) in [5, 5.41) is 11.7. The van der Waals surface area contributed by atoms with Gasteiger partial charge in [0.1, 0.15) is 11.5 Å². The number of hydrogen-bond acceptors (Lipinski definition) is 5. The van der Waals surface area contributed by atoms with Gasteiger partial charge in [-0.25, -0.2) is 9.97 Å². The van der Waals surface area contributed by atoms with Gasteiger partial charge in [-0.2, -0.15) is 0 Å². The monoisotopic (exact) mass is 446 g/mol. The number of rotatable bonds is 4. The summed E-state index contributed by atoms with van der Waals surface area (Å²) in [7, 11) is 0. The van der Waals surface area contributed by atoms with Crippen LogP contribution in [-0.4, -0.2) is 20.9 Å². The van der Waals surface area contributed by atoms with E-state index in [2.05, 4.69) is 16.9 Å². The number of benzene rings is 2. The Morgan fingerprint density at radius 1 is 1.09 bits per heavy atom. The van der Waals surface area contributed by atoms with Crippen LogP contribution in [0.5, 0.6) is 11.6 Å². The summed E-state index contributed by atoms with van der Waals surface area (Å²) in [6.07, 6.45) is 5.62. The van der Waals surface area contributed by atoms with E-state index >= 15 is 0 Å².